The van der Waals surface area contributed by atoms with E-state index in [0.29, 0.717) is 5.76 Å². The van der Waals surface area contributed by atoms with Crippen LogP contribution in [-0.2, 0) is 7.05 Å². The van der Waals surface area contributed by atoms with Crippen LogP contribution in [0.15, 0.2) is 45.9 Å². The predicted octanol–water partition coefficient (Wildman–Crippen LogP) is 2.39. The van der Waals surface area contributed by atoms with Gasteiger partial charge in [-0.3, -0.25) is 4.79 Å². The van der Waals surface area contributed by atoms with Crippen LogP contribution in [0.2, 0.25) is 0 Å². The molecule has 2 aromatic heterocycles. The second kappa shape index (κ2) is 4.97. The number of para-hydroxylation sites is 1. The molecule has 0 atom stereocenters. The Kier molecular flexibility index (Phi) is 3.15. The standard InChI is InChI=1S/C14H13N3O2S/c1-9-7-8-11(19-9)13(18)15-16-14-17(2)10-5-3-4-6-12(10)20-14/h3-8H,1-2H3,(H,15,18)/b16-14+. The molecule has 0 aliphatic rings. The molecular formula is C14H13N3O2S. The third kappa shape index (κ3) is 2.25. The molecular weight excluding hydrogens is 274 g/mol. The molecule has 1 N–H and O–H groups in total. The van der Waals surface area contributed by atoms with Gasteiger partial charge in [0, 0.05) is 7.05 Å². The van der Waals surface area contributed by atoms with Crippen LogP contribution < -0.4 is 10.2 Å². The minimum atomic E-state index is -0.351. The van der Waals surface area contributed by atoms with Crippen molar-refractivity contribution in [2.45, 2.75) is 6.92 Å². The van der Waals surface area contributed by atoms with Gasteiger partial charge >= 0.3 is 5.91 Å². The smallest absolute Gasteiger partial charge is 0.307 e. The van der Waals surface area contributed by atoms with Gasteiger partial charge in [-0.2, -0.15) is 0 Å². The maximum absolute atomic E-state index is 11.9. The summed E-state index contributed by atoms with van der Waals surface area (Å²) in [7, 11) is 1.92. The normalized spacial score (nSPS) is 12.0. The van der Waals surface area contributed by atoms with Crippen LogP contribution >= 0.6 is 11.3 Å². The van der Waals surface area contributed by atoms with E-state index in [0.717, 1.165) is 15.0 Å². The lowest BCUT2D eigenvalue weighted by molar-refractivity contribution is 0.0924. The summed E-state index contributed by atoms with van der Waals surface area (Å²) in [5.74, 6) is 0.605. The first-order valence-electron chi connectivity index (χ1n) is 6.10. The fourth-order valence-electron chi connectivity index (χ4n) is 1.90. The Hall–Kier alpha value is -2.34. The summed E-state index contributed by atoms with van der Waals surface area (Å²) in [5, 5.41) is 4.15. The number of nitrogens with one attached hydrogen (secondary N) is 1. The average molecular weight is 287 g/mol. The van der Waals surface area contributed by atoms with Crippen LogP contribution in [0.5, 0.6) is 0 Å². The van der Waals surface area contributed by atoms with Crippen molar-refractivity contribution in [1.29, 1.82) is 0 Å². The van der Waals surface area contributed by atoms with E-state index in [2.05, 4.69) is 10.5 Å². The molecule has 20 heavy (non-hydrogen) atoms. The van der Waals surface area contributed by atoms with Gasteiger partial charge in [-0.15, -0.1) is 5.10 Å². The first-order valence-corrected chi connectivity index (χ1v) is 6.92. The monoisotopic (exact) mass is 287 g/mol. The van der Waals surface area contributed by atoms with Gasteiger partial charge < -0.3 is 8.98 Å². The number of carbonyl (C=O) groups is 1. The highest BCUT2D eigenvalue weighted by molar-refractivity contribution is 7.16. The molecule has 0 fully saturated rings. The van der Waals surface area contributed by atoms with Gasteiger partial charge in [0.25, 0.3) is 0 Å². The summed E-state index contributed by atoms with van der Waals surface area (Å²) in [6.07, 6.45) is 0. The van der Waals surface area contributed by atoms with Gasteiger partial charge in [-0.1, -0.05) is 23.5 Å². The average Bonchev–Trinajstić information content (AvgIpc) is 3.01. The minimum Gasteiger partial charge on any atom is -0.456 e. The van der Waals surface area contributed by atoms with Crippen molar-refractivity contribution in [3.05, 3.63) is 52.7 Å². The lowest BCUT2D eigenvalue weighted by Gasteiger charge is -1.96. The molecule has 102 valence electrons. The van der Waals surface area contributed by atoms with Crippen LogP contribution in [-0.4, -0.2) is 10.5 Å². The van der Waals surface area contributed by atoms with E-state index < -0.39 is 0 Å². The minimum absolute atomic E-state index is 0.259. The van der Waals surface area contributed by atoms with Crippen LogP contribution in [0.4, 0.5) is 0 Å². The van der Waals surface area contributed by atoms with E-state index in [9.17, 15) is 4.79 Å². The molecule has 6 heteroatoms. The molecule has 0 bridgehead atoms. The summed E-state index contributed by atoms with van der Waals surface area (Å²) in [4.78, 5) is 12.6. The molecule has 1 amide bonds. The zero-order chi connectivity index (χ0) is 14.1. The van der Waals surface area contributed by atoms with Crippen LogP contribution in [0.3, 0.4) is 0 Å². The quantitative estimate of drug-likeness (QED) is 0.736. The van der Waals surface area contributed by atoms with E-state index in [1.54, 1.807) is 19.1 Å². The zero-order valence-corrected chi connectivity index (χ0v) is 11.9. The number of fused-ring (bicyclic) bond motifs is 1. The molecule has 1 aromatic carbocycles. The Morgan fingerprint density at radius 3 is 2.80 bits per heavy atom. The van der Waals surface area contributed by atoms with E-state index in [1.165, 1.54) is 11.3 Å². The number of amides is 1. The molecule has 0 aliphatic heterocycles. The van der Waals surface area contributed by atoms with Crippen molar-refractivity contribution in [1.82, 2.24) is 9.99 Å². The maximum atomic E-state index is 11.9. The van der Waals surface area contributed by atoms with Gasteiger partial charge in [-0.05, 0) is 31.2 Å². The van der Waals surface area contributed by atoms with Crippen molar-refractivity contribution < 1.29 is 9.21 Å². The van der Waals surface area contributed by atoms with Crippen LogP contribution in [0.25, 0.3) is 10.2 Å². The fraction of sp³-hybridized carbons (Fsp3) is 0.143. The molecule has 2 heterocycles. The Balaban J connectivity index is 1.91. The number of furan rings is 1. The third-order valence-corrected chi connectivity index (χ3v) is 4.04. The Labute approximate surface area is 119 Å². The molecule has 0 unspecified atom stereocenters. The number of rotatable bonds is 2. The molecule has 0 saturated carbocycles. The summed E-state index contributed by atoms with van der Waals surface area (Å²) >= 11 is 1.52. The fourth-order valence-corrected chi connectivity index (χ4v) is 2.88. The van der Waals surface area contributed by atoms with Crippen molar-refractivity contribution in [3.63, 3.8) is 0 Å². The van der Waals surface area contributed by atoms with E-state index >= 15 is 0 Å². The molecule has 0 spiro atoms. The van der Waals surface area contributed by atoms with Gasteiger partial charge in [0.05, 0.1) is 10.2 Å². The molecule has 0 saturated heterocycles. The van der Waals surface area contributed by atoms with E-state index in [4.69, 9.17) is 4.42 Å². The SMILES string of the molecule is Cc1ccc(C(=O)N/N=c2/sc3ccccc3n2C)o1. The third-order valence-electron chi connectivity index (χ3n) is 2.93. The predicted molar refractivity (Wildman–Crippen MR) is 77.3 cm³/mol. The second-order valence-electron chi connectivity index (χ2n) is 4.37. The second-order valence-corrected chi connectivity index (χ2v) is 5.38. The molecule has 3 aromatic rings. The Morgan fingerprint density at radius 1 is 1.30 bits per heavy atom. The van der Waals surface area contributed by atoms with E-state index in [-0.39, 0.29) is 11.7 Å². The Morgan fingerprint density at radius 2 is 2.10 bits per heavy atom. The van der Waals surface area contributed by atoms with E-state index in [1.807, 2.05) is 35.9 Å². The largest absolute Gasteiger partial charge is 0.456 e. The van der Waals surface area contributed by atoms with Crippen LogP contribution in [0, 0.1) is 6.92 Å². The lowest BCUT2D eigenvalue weighted by atomic mass is 10.3. The van der Waals surface area contributed by atoms with Gasteiger partial charge in [0.1, 0.15) is 5.76 Å². The Bertz CT molecular complexity index is 841. The van der Waals surface area contributed by atoms with Crippen molar-refractivity contribution >= 4 is 27.5 Å². The summed E-state index contributed by atoms with van der Waals surface area (Å²) in [6, 6.07) is 11.4. The van der Waals surface area contributed by atoms with Crippen molar-refractivity contribution in [3.8, 4) is 0 Å². The van der Waals surface area contributed by atoms with Gasteiger partial charge in [0.2, 0.25) is 4.80 Å². The maximum Gasteiger partial charge on any atom is 0.307 e. The number of thiazole rings is 1. The number of aromatic nitrogens is 1. The molecule has 0 radical (unpaired) electrons. The lowest BCUT2D eigenvalue weighted by Crippen LogP contribution is -2.22. The molecule has 0 aliphatic carbocycles. The highest BCUT2D eigenvalue weighted by Crippen LogP contribution is 2.14. The molecule has 5 nitrogen and oxygen atoms in total. The zero-order valence-electron chi connectivity index (χ0n) is 11.1. The van der Waals surface area contributed by atoms with Crippen LogP contribution in [0.1, 0.15) is 16.3 Å². The first-order chi connectivity index (χ1) is 9.65. The topological polar surface area (TPSA) is 59.5 Å². The summed E-state index contributed by atoms with van der Waals surface area (Å²) in [6.45, 7) is 1.79. The number of hydrogen-bond acceptors (Lipinski definition) is 4. The first kappa shape index (κ1) is 12.7. The number of nitrogens with zero attached hydrogens (tertiary/aromatic N) is 2. The van der Waals surface area contributed by atoms with Crippen molar-refractivity contribution in [2.24, 2.45) is 12.1 Å². The molecule has 3 rings (SSSR count). The van der Waals surface area contributed by atoms with Crippen molar-refractivity contribution in [2.75, 3.05) is 0 Å². The number of carbonyl (C=O) groups excluding carboxylic acids is 1. The number of aryl methyl sites for hydroxylation is 2. The highest BCUT2D eigenvalue weighted by atomic mass is 32.1. The number of hydrogen-bond donors (Lipinski definition) is 1. The highest BCUT2D eigenvalue weighted by Gasteiger charge is 2.09. The summed E-state index contributed by atoms with van der Waals surface area (Å²) < 4.78 is 8.31. The number of benzene rings is 1. The van der Waals surface area contributed by atoms with Gasteiger partial charge in [0.15, 0.2) is 5.76 Å². The summed E-state index contributed by atoms with van der Waals surface area (Å²) in [5.41, 5.74) is 3.59. The van der Waals surface area contributed by atoms with Gasteiger partial charge in [-0.25, -0.2) is 5.43 Å².